The van der Waals surface area contributed by atoms with Crippen molar-refractivity contribution in [3.63, 3.8) is 0 Å². The fourth-order valence-electron chi connectivity index (χ4n) is 2.95. The Morgan fingerprint density at radius 1 is 0.641 bits per heavy atom. The van der Waals surface area contributed by atoms with E-state index >= 15 is 0 Å². The number of rotatable bonds is 8. The lowest BCUT2D eigenvalue weighted by atomic mass is 10.2. The van der Waals surface area contributed by atoms with Crippen molar-refractivity contribution in [2.24, 2.45) is 5.73 Å². The molecule has 13 heteroatoms. The minimum atomic E-state index is 0.366. The number of halogens is 3. The molecule has 0 aliphatic rings. The summed E-state index contributed by atoms with van der Waals surface area (Å²) in [4.78, 5) is 15.1. The topological polar surface area (TPSA) is 127 Å². The van der Waals surface area contributed by atoms with Gasteiger partial charge in [0.15, 0.2) is 0 Å². The zero-order valence-corrected chi connectivity index (χ0v) is 24.1. The van der Waals surface area contributed by atoms with Gasteiger partial charge in [-0.3, -0.25) is 0 Å². The van der Waals surface area contributed by atoms with Crippen LogP contribution < -0.4 is 30.0 Å². The Morgan fingerprint density at radius 2 is 1.13 bits per heavy atom. The van der Waals surface area contributed by atoms with Crippen molar-refractivity contribution in [3.05, 3.63) is 87.8 Å². The molecule has 2 heterocycles. The van der Waals surface area contributed by atoms with E-state index in [4.69, 9.17) is 59.5 Å². The van der Waals surface area contributed by atoms with Gasteiger partial charge in [0.1, 0.15) is 56.9 Å². The Balaban J connectivity index is 0.000000227. The molecule has 0 atom stereocenters. The lowest BCUT2D eigenvalue weighted by molar-refractivity contribution is 0.391. The number of hydrogen-bond acceptors (Lipinski definition) is 10. The van der Waals surface area contributed by atoms with Crippen LogP contribution in [0.2, 0.25) is 15.5 Å². The molecule has 0 amide bonds. The third-order valence-corrected chi connectivity index (χ3v) is 5.52. The molecule has 3 N–H and O–H groups in total. The summed E-state index contributed by atoms with van der Waals surface area (Å²) >= 11 is 16.6. The van der Waals surface area contributed by atoms with Crippen molar-refractivity contribution >= 4 is 40.6 Å². The van der Waals surface area contributed by atoms with Crippen molar-refractivity contribution in [2.45, 2.75) is 13.1 Å². The van der Waals surface area contributed by atoms with Crippen LogP contribution in [0.5, 0.6) is 23.0 Å². The molecule has 0 fully saturated rings. The maximum absolute atomic E-state index is 5.79. The maximum atomic E-state index is 5.79. The first-order chi connectivity index (χ1) is 18.8. The minimum Gasteiger partial charge on any atom is -0.497 e. The molecule has 4 rings (SSSR count). The predicted molar refractivity (Wildman–Crippen MR) is 153 cm³/mol. The van der Waals surface area contributed by atoms with Crippen LogP contribution in [0.4, 0.5) is 5.82 Å². The normalized spacial score (nSPS) is 9.74. The van der Waals surface area contributed by atoms with Crippen LogP contribution in [0.15, 0.2) is 61.2 Å². The quantitative estimate of drug-likeness (QED) is 0.245. The van der Waals surface area contributed by atoms with Crippen molar-refractivity contribution in [1.29, 1.82) is 0 Å². The summed E-state index contributed by atoms with van der Waals surface area (Å²) in [6, 6.07) is 14.4. The standard InChI is InChI=1S/C13H14ClN3O2.C9H13NO2.C4H2Cl2N2/c1-18-10-4-3-9(11(5-10)19-2)7-15-13-6-12(14)16-8-17-13;1-11-8-4-3-7(6-10)9(5-8)12-2;5-3-1-4(6)8-2-7-3/h3-6,8H,7H2,1-2H3,(H,15,16,17);3-5H,6,10H2,1-2H3;1-2H. The third kappa shape index (κ3) is 11.0. The lowest BCUT2D eigenvalue weighted by Gasteiger charge is -2.11. The first-order valence-corrected chi connectivity index (χ1v) is 12.4. The highest BCUT2D eigenvalue weighted by molar-refractivity contribution is 6.33. The van der Waals surface area contributed by atoms with Crippen LogP contribution in [0.25, 0.3) is 0 Å². The van der Waals surface area contributed by atoms with E-state index in [1.54, 1.807) is 34.5 Å². The first kappa shape index (κ1) is 31.6. The summed E-state index contributed by atoms with van der Waals surface area (Å²) in [5.74, 6) is 3.73. The molecular weight excluding hydrogens is 567 g/mol. The number of anilines is 1. The third-order valence-electron chi connectivity index (χ3n) is 4.90. The van der Waals surface area contributed by atoms with Gasteiger partial charge < -0.3 is 30.0 Å². The van der Waals surface area contributed by atoms with Crippen molar-refractivity contribution < 1.29 is 18.9 Å². The van der Waals surface area contributed by atoms with Crippen LogP contribution in [0, 0.1) is 0 Å². The predicted octanol–water partition coefficient (Wildman–Crippen LogP) is 5.71. The van der Waals surface area contributed by atoms with E-state index in [0.29, 0.717) is 34.4 Å². The molecular formula is C26H29Cl3N6O4. The van der Waals surface area contributed by atoms with Gasteiger partial charge in [-0.05, 0) is 18.2 Å². The fraction of sp³-hybridized carbons (Fsp3) is 0.231. The van der Waals surface area contributed by atoms with Gasteiger partial charge in [0.05, 0.1) is 28.4 Å². The summed E-state index contributed by atoms with van der Waals surface area (Å²) in [7, 11) is 6.49. The van der Waals surface area contributed by atoms with Crippen LogP contribution in [0.1, 0.15) is 11.1 Å². The van der Waals surface area contributed by atoms with Gasteiger partial charge in [0, 0.05) is 48.5 Å². The smallest absolute Gasteiger partial charge is 0.134 e. The molecule has 0 aliphatic carbocycles. The highest BCUT2D eigenvalue weighted by Gasteiger charge is 2.06. The monoisotopic (exact) mass is 594 g/mol. The average Bonchev–Trinajstić information content (AvgIpc) is 2.96. The van der Waals surface area contributed by atoms with Gasteiger partial charge in [-0.15, -0.1) is 0 Å². The summed E-state index contributed by atoms with van der Waals surface area (Å²) in [5.41, 5.74) is 7.48. The van der Waals surface area contributed by atoms with E-state index in [0.717, 1.165) is 34.1 Å². The van der Waals surface area contributed by atoms with Gasteiger partial charge in [0.25, 0.3) is 0 Å². The molecule has 0 bridgehead atoms. The van der Waals surface area contributed by atoms with Gasteiger partial charge >= 0.3 is 0 Å². The van der Waals surface area contributed by atoms with Crippen molar-refractivity contribution in [1.82, 2.24) is 19.9 Å². The van der Waals surface area contributed by atoms with Crippen LogP contribution in [-0.2, 0) is 13.1 Å². The molecule has 0 aliphatic heterocycles. The van der Waals surface area contributed by atoms with E-state index in [2.05, 4.69) is 25.3 Å². The first-order valence-electron chi connectivity index (χ1n) is 11.3. The van der Waals surface area contributed by atoms with Crippen LogP contribution in [0.3, 0.4) is 0 Å². The van der Waals surface area contributed by atoms with Crippen molar-refractivity contribution in [2.75, 3.05) is 33.8 Å². The van der Waals surface area contributed by atoms with E-state index in [9.17, 15) is 0 Å². The number of nitrogens with two attached hydrogens (primary N) is 1. The largest absolute Gasteiger partial charge is 0.497 e. The number of ether oxygens (including phenoxy) is 4. The van der Waals surface area contributed by atoms with Crippen LogP contribution in [-0.4, -0.2) is 48.4 Å². The molecule has 0 saturated heterocycles. The molecule has 0 saturated carbocycles. The summed E-state index contributed by atoms with van der Waals surface area (Å²) < 4.78 is 20.6. The van der Waals surface area contributed by atoms with Crippen LogP contribution >= 0.6 is 34.8 Å². The summed E-state index contributed by atoms with van der Waals surface area (Å²) in [6.07, 6.45) is 2.72. The Kier molecular flexibility index (Phi) is 13.9. The average molecular weight is 596 g/mol. The Hall–Kier alpha value is -3.57. The highest BCUT2D eigenvalue weighted by Crippen LogP contribution is 2.25. The molecule has 208 valence electrons. The molecule has 2 aromatic heterocycles. The Labute approximate surface area is 242 Å². The highest BCUT2D eigenvalue weighted by atomic mass is 35.5. The number of methoxy groups -OCH3 is 4. The lowest BCUT2D eigenvalue weighted by Crippen LogP contribution is -2.03. The molecule has 4 aromatic rings. The number of hydrogen-bond donors (Lipinski definition) is 2. The molecule has 0 unspecified atom stereocenters. The number of benzene rings is 2. The molecule has 39 heavy (non-hydrogen) atoms. The second-order valence-electron chi connectivity index (χ2n) is 7.30. The summed E-state index contributed by atoms with van der Waals surface area (Å²) in [6.45, 7) is 1.05. The molecule has 10 nitrogen and oxygen atoms in total. The molecule has 0 radical (unpaired) electrons. The van der Waals surface area contributed by atoms with Gasteiger partial charge in [-0.1, -0.05) is 40.9 Å². The fourth-order valence-corrected chi connectivity index (χ4v) is 3.44. The van der Waals surface area contributed by atoms with E-state index < -0.39 is 0 Å². The molecule has 2 aromatic carbocycles. The van der Waals surface area contributed by atoms with Gasteiger partial charge in [-0.25, -0.2) is 19.9 Å². The zero-order chi connectivity index (χ0) is 28.6. The minimum absolute atomic E-state index is 0.366. The maximum Gasteiger partial charge on any atom is 0.134 e. The second kappa shape index (κ2) is 17.1. The Morgan fingerprint density at radius 3 is 1.56 bits per heavy atom. The van der Waals surface area contributed by atoms with E-state index in [1.807, 2.05) is 36.4 Å². The van der Waals surface area contributed by atoms with E-state index in [-0.39, 0.29) is 0 Å². The Bertz CT molecular complexity index is 1300. The number of aromatic nitrogens is 4. The SMILES string of the molecule is COc1ccc(CN)c(OC)c1.COc1ccc(CNc2cc(Cl)ncn2)c(OC)c1.Clc1cc(Cl)ncn1. The van der Waals surface area contributed by atoms with Crippen molar-refractivity contribution in [3.8, 4) is 23.0 Å². The van der Waals surface area contributed by atoms with E-state index in [1.165, 1.54) is 18.7 Å². The molecule has 0 spiro atoms. The van der Waals surface area contributed by atoms with Gasteiger partial charge in [-0.2, -0.15) is 0 Å². The van der Waals surface area contributed by atoms with Gasteiger partial charge in [0.2, 0.25) is 0 Å². The number of nitrogens with zero attached hydrogens (tertiary/aromatic N) is 4. The summed E-state index contributed by atoms with van der Waals surface area (Å²) in [5, 5.41) is 4.29. The number of nitrogens with one attached hydrogen (secondary N) is 1. The second-order valence-corrected chi connectivity index (χ2v) is 8.46. The zero-order valence-electron chi connectivity index (χ0n) is 21.8.